The quantitative estimate of drug-likeness (QED) is 0.202. The van der Waals surface area contributed by atoms with Gasteiger partial charge in [-0.05, 0) is 24.5 Å². The molecule has 11 nitrogen and oxygen atoms in total. The second-order valence-electron chi connectivity index (χ2n) is 9.63. The van der Waals surface area contributed by atoms with E-state index in [-0.39, 0.29) is 58.7 Å². The highest BCUT2D eigenvalue weighted by Crippen LogP contribution is 2.46. The third kappa shape index (κ3) is 5.85. The van der Waals surface area contributed by atoms with Crippen molar-refractivity contribution in [3.63, 3.8) is 0 Å². The Morgan fingerprint density at radius 3 is 2.41 bits per heavy atom. The second-order valence-corrected chi connectivity index (χ2v) is 11.4. The number of carbonyl (C=O) groups is 3. The van der Waals surface area contributed by atoms with E-state index in [1.165, 1.54) is 30.0 Å². The fourth-order valence-corrected chi connectivity index (χ4v) is 6.16. The number of nitro groups is 1. The number of amides is 2. The molecule has 1 N–H and O–H groups in total. The summed E-state index contributed by atoms with van der Waals surface area (Å²) in [6, 6.07) is 14.5. The van der Waals surface area contributed by atoms with Crippen LogP contribution in [0.2, 0.25) is 0 Å². The van der Waals surface area contributed by atoms with Crippen LogP contribution in [0.3, 0.4) is 0 Å². The zero-order chi connectivity index (χ0) is 28.3. The van der Waals surface area contributed by atoms with Crippen LogP contribution in [0.1, 0.15) is 38.3 Å². The first-order valence-corrected chi connectivity index (χ1v) is 13.6. The Morgan fingerprint density at radius 2 is 1.74 bits per heavy atom. The fraction of sp³-hybridized carbons (Fsp3) is 0.370. The van der Waals surface area contributed by atoms with Crippen molar-refractivity contribution in [2.45, 2.75) is 51.8 Å². The molecule has 2 aliphatic heterocycles. The standard InChI is InChI=1S/C27H29N3O8S/c1-16(2)23-21-13-22(39(36)17(3)28-27(33)38-14-18-9-5-4-6-10-18)24(29(21)25(23)31)26(32)37-15-19-11-7-8-12-20(19)30(34)35/h4-12,16-17,21,23H,13-15H2,1-3H3,(H,28,33). The van der Waals surface area contributed by atoms with Crippen molar-refractivity contribution >= 4 is 34.5 Å². The van der Waals surface area contributed by atoms with Crippen molar-refractivity contribution in [2.24, 2.45) is 11.8 Å². The van der Waals surface area contributed by atoms with Gasteiger partial charge in [0.1, 0.15) is 24.3 Å². The molecule has 0 radical (unpaired) electrons. The van der Waals surface area contributed by atoms with Crippen LogP contribution in [0.5, 0.6) is 0 Å². The number of rotatable bonds is 10. The van der Waals surface area contributed by atoms with Crippen LogP contribution in [0.15, 0.2) is 65.2 Å². The Morgan fingerprint density at radius 1 is 1.08 bits per heavy atom. The van der Waals surface area contributed by atoms with Crippen LogP contribution in [-0.4, -0.2) is 43.4 Å². The van der Waals surface area contributed by atoms with Crippen molar-refractivity contribution in [1.29, 1.82) is 0 Å². The maximum Gasteiger partial charge on any atom is 0.408 e. The third-order valence-electron chi connectivity index (χ3n) is 6.72. The summed E-state index contributed by atoms with van der Waals surface area (Å²) in [7, 11) is -1.90. The van der Waals surface area contributed by atoms with Crippen molar-refractivity contribution in [1.82, 2.24) is 10.2 Å². The Bertz CT molecular complexity index is 1340. The summed E-state index contributed by atoms with van der Waals surface area (Å²) < 4.78 is 24.1. The van der Waals surface area contributed by atoms with Crippen LogP contribution >= 0.6 is 0 Å². The molecule has 4 atom stereocenters. The molecule has 0 saturated carbocycles. The van der Waals surface area contributed by atoms with Gasteiger partial charge in [0.25, 0.3) is 5.69 Å². The maximum atomic E-state index is 13.5. The van der Waals surface area contributed by atoms with E-state index in [4.69, 9.17) is 9.47 Å². The lowest BCUT2D eigenvalue weighted by molar-refractivity contribution is -0.385. The zero-order valence-electron chi connectivity index (χ0n) is 21.7. The number of β-lactam (4-membered cyclic amide) rings is 1. The Hall–Kier alpha value is -4.06. The predicted octanol–water partition coefficient (Wildman–Crippen LogP) is 3.76. The number of hydrogen-bond acceptors (Lipinski definition) is 8. The molecule has 206 valence electrons. The number of para-hydroxylation sites is 1. The van der Waals surface area contributed by atoms with Crippen molar-refractivity contribution in [3.8, 4) is 0 Å². The van der Waals surface area contributed by atoms with Crippen molar-refractivity contribution < 1.29 is 33.0 Å². The number of benzene rings is 2. The first-order valence-electron chi connectivity index (χ1n) is 12.4. The molecule has 1 fully saturated rings. The van der Waals surface area contributed by atoms with E-state index in [0.717, 1.165) is 5.56 Å². The lowest BCUT2D eigenvalue weighted by Crippen LogP contribution is -2.60. The van der Waals surface area contributed by atoms with Crippen LogP contribution in [-0.2, 0) is 43.1 Å². The first kappa shape index (κ1) is 28.0. The van der Waals surface area contributed by atoms with Gasteiger partial charge in [-0.1, -0.05) is 56.3 Å². The SMILES string of the molecule is CC(C)C1C(=O)N2C(C(=O)OCc3ccccc3[N+](=O)[O-])=C(S(=O)C(C)NC(=O)OCc3ccccc3)CC12. The number of nitro benzene ring substituents is 1. The van der Waals surface area contributed by atoms with E-state index in [1.54, 1.807) is 18.2 Å². The molecule has 4 unspecified atom stereocenters. The number of nitrogens with zero attached hydrogens (tertiary/aromatic N) is 2. The van der Waals surface area contributed by atoms with Gasteiger partial charge in [-0.25, -0.2) is 9.59 Å². The van der Waals surface area contributed by atoms with Gasteiger partial charge in [0.15, 0.2) is 0 Å². The Labute approximate surface area is 227 Å². The maximum absolute atomic E-state index is 13.5. The normalized spacial score (nSPS) is 19.7. The molecular weight excluding hydrogens is 526 g/mol. The molecule has 4 rings (SSSR count). The van der Waals surface area contributed by atoms with E-state index < -0.39 is 39.8 Å². The summed E-state index contributed by atoms with van der Waals surface area (Å²) >= 11 is 0. The summed E-state index contributed by atoms with van der Waals surface area (Å²) in [5.74, 6) is -1.54. The van der Waals surface area contributed by atoms with Gasteiger partial charge >= 0.3 is 12.1 Å². The molecule has 0 aliphatic carbocycles. The predicted molar refractivity (Wildman–Crippen MR) is 141 cm³/mol. The van der Waals surface area contributed by atoms with Gasteiger partial charge in [0.05, 0.1) is 38.2 Å². The summed E-state index contributed by atoms with van der Waals surface area (Å²) in [5.41, 5.74) is 0.621. The van der Waals surface area contributed by atoms with Gasteiger partial charge in [-0.15, -0.1) is 0 Å². The van der Waals surface area contributed by atoms with E-state index in [9.17, 15) is 28.7 Å². The zero-order valence-corrected chi connectivity index (χ0v) is 22.5. The van der Waals surface area contributed by atoms with Crippen LogP contribution < -0.4 is 5.32 Å². The number of carbonyl (C=O) groups excluding carboxylic acids is 3. The van der Waals surface area contributed by atoms with Gasteiger partial charge in [-0.3, -0.25) is 19.1 Å². The van der Waals surface area contributed by atoms with E-state index in [0.29, 0.717) is 0 Å². The lowest BCUT2D eigenvalue weighted by Gasteiger charge is -2.45. The average Bonchev–Trinajstić information content (AvgIpc) is 3.25. The first-order chi connectivity index (χ1) is 18.6. The van der Waals surface area contributed by atoms with E-state index >= 15 is 0 Å². The van der Waals surface area contributed by atoms with E-state index in [2.05, 4.69) is 5.32 Å². The monoisotopic (exact) mass is 555 g/mol. The molecule has 0 bridgehead atoms. The molecule has 2 heterocycles. The molecule has 0 spiro atoms. The molecule has 2 aliphatic rings. The number of alkyl carbamates (subject to hydrolysis) is 1. The summed E-state index contributed by atoms with van der Waals surface area (Å²) in [6.45, 7) is 4.93. The number of esters is 1. The molecule has 2 aromatic carbocycles. The largest absolute Gasteiger partial charge is 0.456 e. The molecule has 1 saturated heterocycles. The van der Waals surface area contributed by atoms with Gasteiger partial charge in [0, 0.05) is 12.5 Å². The average molecular weight is 556 g/mol. The summed E-state index contributed by atoms with van der Waals surface area (Å²) in [6.07, 6.45) is -0.597. The number of fused-ring (bicyclic) bond motifs is 1. The Balaban J connectivity index is 1.51. The van der Waals surface area contributed by atoms with Gasteiger partial charge in [-0.2, -0.15) is 0 Å². The summed E-state index contributed by atoms with van der Waals surface area (Å²) in [4.78, 5) is 50.8. The molecule has 39 heavy (non-hydrogen) atoms. The lowest BCUT2D eigenvalue weighted by atomic mass is 9.79. The minimum absolute atomic E-state index is 0.000660. The molecular formula is C27H29N3O8S. The highest BCUT2D eigenvalue weighted by atomic mass is 32.2. The van der Waals surface area contributed by atoms with Crippen molar-refractivity contribution in [2.75, 3.05) is 0 Å². The van der Waals surface area contributed by atoms with Crippen LogP contribution in [0.4, 0.5) is 10.5 Å². The van der Waals surface area contributed by atoms with Crippen molar-refractivity contribution in [3.05, 3.63) is 86.4 Å². The molecule has 12 heteroatoms. The smallest absolute Gasteiger partial charge is 0.408 e. The molecule has 2 amide bonds. The summed E-state index contributed by atoms with van der Waals surface area (Å²) in [5, 5.41) is 12.9. The number of hydrogen-bond donors (Lipinski definition) is 1. The second kappa shape index (κ2) is 11.8. The Kier molecular flexibility index (Phi) is 8.44. The fourth-order valence-electron chi connectivity index (χ4n) is 4.82. The van der Waals surface area contributed by atoms with Gasteiger partial charge < -0.3 is 19.7 Å². The minimum Gasteiger partial charge on any atom is -0.456 e. The van der Waals surface area contributed by atoms with Crippen LogP contribution in [0, 0.1) is 22.0 Å². The number of nitrogens with one attached hydrogen (secondary N) is 1. The van der Waals surface area contributed by atoms with Gasteiger partial charge in [0.2, 0.25) is 5.91 Å². The third-order valence-corrected chi connectivity index (χ3v) is 8.33. The molecule has 0 aromatic heterocycles. The molecule has 2 aromatic rings. The number of ether oxygens (including phenoxy) is 2. The highest BCUT2D eigenvalue weighted by molar-refractivity contribution is 7.89. The minimum atomic E-state index is -1.90. The van der Waals surface area contributed by atoms with E-state index in [1.807, 2.05) is 32.0 Å². The topological polar surface area (TPSA) is 145 Å². The highest BCUT2D eigenvalue weighted by Gasteiger charge is 2.57. The van der Waals surface area contributed by atoms with Crippen LogP contribution in [0.25, 0.3) is 0 Å².